The summed E-state index contributed by atoms with van der Waals surface area (Å²) in [6.07, 6.45) is 0. The number of halogens is 1. The second-order valence-corrected chi connectivity index (χ2v) is 6.86. The van der Waals surface area contributed by atoms with Crippen molar-refractivity contribution in [3.8, 4) is 0 Å². The molecule has 1 fully saturated rings. The highest BCUT2D eigenvalue weighted by Gasteiger charge is 2.17. The molecule has 0 radical (unpaired) electrons. The van der Waals surface area contributed by atoms with Gasteiger partial charge in [0.2, 0.25) is 0 Å². The Hall–Kier alpha value is -2.04. The van der Waals surface area contributed by atoms with E-state index in [0.29, 0.717) is 6.54 Å². The molecular formula is C20H24ClN3O. The molecule has 1 N–H and O–H groups in total. The summed E-state index contributed by atoms with van der Waals surface area (Å²) in [6.45, 7) is 7.57. The average Bonchev–Trinajstić information content (AvgIpc) is 2.63. The molecule has 1 aliphatic heterocycles. The van der Waals surface area contributed by atoms with E-state index in [2.05, 4.69) is 27.2 Å². The van der Waals surface area contributed by atoms with Gasteiger partial charge in [0.05, 0.1) is 0 Å². The Balaban J connectivity index is 1.40. The number of nitrogens with one attached hydrogen (secondary N) is 1. The molecule has 0 bridgehead atoms. The topological polar surface area (TPSA) is 35.6 Å². The fourth-order valence-corrected chi connectivity index (χ4v) is 3.14. The lowest BCUT2D eigenvalue weighted by Crippen LogP contribution is -2.48. The monoisotopic (exact) mass is 357 g/mol. The highest BCUT2D eigenvalue weighted by Crippen LogP contribution is 2.19. The number of hydrogen-bond acceptors (Lipinski definition) is 3. The Morgan fingerprint density at radius 1 is 1.00 bits per heavy atom. The lowest BCUT2D eigenvalue weighted by molar-refractivity contribution is 0.0948. The molecule has 0 aliphatic carbocycles. The number of anilines is 1. The van der Waals surface area contributed by atoms with E-state index in [-0.39, 0.29) is 5.91 Å². The number of nitrogens with zero attached hydrogens (tertiary/aromatic N) is 2. The number of benzene rings is 2. The summed E-state index contributed by atoms with van der Waals surface area (Å²) >= 11 is 5.95. The van der Waals surface area contributed by atoms with Crippen LogP contribution in [-0.2, 0) is 0 Å². The molecule has 0 saturated carbocycles. The summed E-state index contributed by atoms with van der Waals surface area (Å²) in [7, 11) is 0. The van der Waals surface area contributed by atoms with Gasteiger partial charge >= 0.3 is 0 Å². The minimum Gasteiger partial charge on any atom is -0.369 e. The van der Waals surface area contributed by atoms with E-state index in [9.17, 15) is 4.79 Å². The van der Waals surface area contributed by atoms with Gasteiger partial charge < -0.3 is 10.2 Å². The van der Waals surface area contributed by atoms with E-state index in [4.69, 9.17) is 11.6 Å². The number of carbonyl (C=O) groups is 1. The molecule has 3 rings (SSSR count). The van der Waals surface area contributed by atoms with Crippen LogP contribution in [0.1, 0.15) is 15.9 Å². The fraction of sp³-hybridized carbons (Fsp3) is 0.350. The predicted molar refractivity (Wildman–Crippen MR) is 104 cm³/mol. The summed E-state index contributed by atoms with van der Waals surface area (Å²) in [5.74, 6) is -0.000185. The van der Waals surface area contributed by atoms with Crippen LogP contribution in [0.15, 0.2) is 48.5 Å². The van der Waals surface area contributed by atoms with Gasteiger partial charge in [-0.15, -0.1) is 0 Å². The molecule has 2 aromatic rings. The van der Waals surface area contributed by atoms with E-state index in [0.717, 1.165) is 48.9 Å². The maximum absolute atomic E-state index is 12.1. The Bertz CT molecular complexity index is 692. The van der Waals surface area contributed by atoms with Crippen molar-refractivity contribution in [1.29, 1.82) is 0 Å². The van der Waals surface area contributed by atoms with Crippen LogP contribution in [0.2, 0.25) is 5.02 Å². The Labute approximate surface area is 154 Å². The van der Waals surface area contributed by atoms with Crippen molar-refractivity contribution in [1.82, 2.24) is 10.2 Å². The number of carbonyl (C=O) groups excluding carboxylic acids is 1. The van der Waals surface area contributed by atoms with Gasteiger partial charge in [0, 0.05) is 55.5 Å². The molecule has 1 aliphatic rings. The summed E-state index contributed by atoms with van der Waals surface area (Å²) in [4.78, 5) is 16.9. The number of aryl methyl sites for hydroxylation is 1. The Kier molecular flexibility index (Phi) is 5.95. The number of amides is 1. The summed E-state index contributed by atoms with van der Waals surface area (Å²) in [5, 5.41) is 3.78. The molecule has 1 amide bonds. The smallest absolute Gasteiger partial charge is 0.251 e. The predicted octanol–water partition coefficient (Wildman–Crippen LogP) is 3.20. The SMILES string of the molecule is Cc1ccc(C(=O)NCCN2CCN(c3ccc(Cl)cc3)CC2)cc1. The van der Waals surface area contributed by atoms with Gasteiger partial charge in [0.1, 0.15) is 0 Å². The maximum atomic E-state index is 12.1. The van der Waals surface area contributed by atoms with Crippen LogP contribution in [0.5, 0.6) is 0 Å². The molecule has 1 heterocycles. The van der Waals surface area contributed by atoms with Crippen molar-refractivity contribution in [3.05, 3.63) is 64.7 Å². The first-order valence-electron chi connectivity index (χ1n) is 8.69. The lowest BCUT2D eigenvalue weighted by atomic mass is 10.1. The molecule has 0 spiro atoms. The number of piperazine rings is 1. The van der Waals surface area contributed by atoms with Crippen molar-refractivity contribution in [2.45, 2.75) is 6.92 Å². The van der Waals surface area contributed by atoms with Crippen LogP contribution in [0.4, 0.5) is 5.69 Å². The largest absolute Gasteiger partial charge is 0.369 e. The van der Waals surface area contributed by atoms with Crippen LogP contribution >= 0.6 is 11.6 Å². The zero-order valence-corrected chi connectivity index (χ0v) is 15.3. The van der Waals surface area contributed by atoms with Crippen molar-refractivity contribution in [2.24, 2.45) is 0 Å². The van der Waals surface area contributed by atoms with Gasteiger partial charge in [-0.3, -0.25) is 9.69 Å². The van der Waals surface area contributed by atoms with Gasteiger partial charge in [0.25, 0.3) is 5.91 Å². The van der Waals surface area contributed by atoms with E-state index in [1.54, 1.807) is 0 Å². The second kappa shape index (κ2) is 8.37. The van der Waals surface area contributed by atoms with Crippen molar-refractivity contribution in [2.75, 3.05) is 44.2 Å². The van der Waals surface area contributed by atoms with Crippen molar-refractivity contribution >= 4 is 23.2 Å². The van der Waals surface area contributed by atoms with E-state index in [1.165, 1.54) is 5.69 Å². The zero-order chi connectivity index (χ0) is 17.6. The first-order valence-corrected chi connectivity index (χ1v) is 9.07. The third-order valence-corrected chi connectivity index (χ3v) is 4.84. The highest BCUT2D eigenvalue weighted by molar-refractivity contribution is 6.30. The molecular weight excluding hydrogens is 334 g/mol. The molecule has 0 atom stereocenters. The van der Waals surface area contributed by atoms with Crippen LogP contribution < -0.4 is 10.2 Å². The fourth-order valence-electron chi connectivity index (χ4n) is 3.02. The minimum atomic E-state index is -0.000185. The van der Waals surface area contributed by atoms with Gasteiger partial charge in [-0.1, -0.05) is 29.3 Å². The molecule has 2 aromatic carbocycles. The molecule has 4 nitrogen and oxygen atoms in total. The summed E-state index contributed by atoms with van der Waals surface area (Å²) in [5.41, 5.74) is 3.10. The van der Waals surface area contributed by atoms with Crippen LogP contribution in [-0.4, -0.2) is 50.1 Å². The third-order valence-electron chi connectivity index (χ3n) is 4.59. The van der Waals surface area contributed by atoms with Crippen LogP contribution in [0, 0.1) is 6.92 Å². The van der Waals surface area contributed by atoms with Crippen LogP contribution in [0.3, 0.4) is 0 Å². The zero-order valence-electron chi connectivity index (χ0n) is 14.5. The summed E-state index contributed by atoms with van der Waals surface area (Å²) < 4.78 is 0. The maximum Gasteiger partial charge on any atom is 0.251 e. The molecule has 25 heavy (non-hydrogen) atoms. The molecule has 1 saturated heterocycles. The van der Waals surface area contributed by atoms with Gasteiger partial charge in [0.15, 0.2) is 0 Å². The second-order valence-electron chi connectivity index (χ2n) is 6.43. The molecule has 5 heteroatoms. The van der Waals surface area contributed by atoms with Gasteiger partial charge in [-0.05, 0) is 43.3 Å². The molecule has 132 valence electrons. The van der Waals surface area contributed by atoms with Crippen LogP contribution in [0.25, 0.3) is 0 Å². The van der Waals surface area contributed by atoms with Gasteiger partial charge in [-0.2, -0.15) is 0 Å². The van der Waals surface area contributed by atoms with E-state index < -0.39 is 0 Å². The average molecular weight is 358 g/mol. The standard InChI is InChI=1S/C20H24ClN3O/c1-16-2-4-17(5-3-16)20(25)22-10-11-23-12-14-24(15-13-23)19-8-6-18(21)7-9-19/h2-9H,10-15H2,1H3,(H,22,25). The Morgan fingerprint density at radius 2 is 1.64 bits per heavy atom. The minimum absolute atomic E-state index is 0.000185. The van der Waals surface area contributed by atoms with E-state index >= 15 is 0 Å². The first-order chi connectivity index (χ1) is 12.1. The Morgan fingerprint density at radius 3 is 2.28 bits per heavy atom. The number of hydrogen-bond donors (Lipinski definition) is 1. The highest BCUT2D eigenvalue weighted by atomic mass is 35.5. The van der Waals surface area contributed by atoms with Crippen molar-refractivity contribution < 1.29 is 4.79 Å². The van der Waals surface area contributed by atoms with E-state index in [1.807, 2.05) is 43.3 Å². The molecule has 0 unspecified atom stereocenters. The quantitative estimate of drug-likeness (QED) is 0.892. The normalized spacial score (nSPS) is 15.2. The summed E-state index contributed by atoms with van der Waals surface area (Å²) in [6, 6.07) is 15.7. The molecule has 0 aromatic heterocycles. The first kappa shape index (κ1) is 17.8. The van der Waals surface area contributed by atoms with Gasteiger partial charge in [-0.25, -0.2) is 0 Å². The third kappa shape index (κ3) is 4.97. The lowest BCUT2D eigenvalue weighted by Gasteiger charge is -2.36. The van der Waals surface area contributed by atoms with Crippen molar-refractivity contribution in [3.63, 3.8) is 0 Å². The number of rotatable bonds is 5.